The Hall–Kier alpha value is -2.51. The van der Waals surface area contributed by atoms with Gasteiger partial charge in [0.2, 0.25) is 10.0 Å². The maximum atomic E-state index is 13.2. The van der Waals surface area contributed by atoms with Gasteiger partial charge < -0.3 is 5.11 Å². The summed E-state index contributed by atoms with van der Waals surface area (Å²) in [5.74, 6) is 0.189. The van der Waals surface area contributed by atoms with Crippen LogP contribution >= 0.6 is 11.8 Å². The number of allylic oxidation sites excluding steroid dienone is 1. The van der Waals surface area contributed by atoms with Crippen LogP contribution < -0.4 is 4.72 Å². The van der Waals surface area contributed by atoms with E-state index in [0.29, 0.717) is 35.4 Å². The number of phenols is 1. The van der Waals surface area contributed by atoms with E-state index < -0.39 is 10.0 Å². The SMILES string of the molecule is O=S(=O)(Nc1cc(Sc2cccc3cccnc23)c(O)c2c1CCC=C2)C1CCCCC1. The van der Waals surface area contributed by atoms with Gasteiger partial charge in [0.1, 0.15) is 5.75 Å². The first kappa shape index (κ1) is 21.3. The number of nitrogens with zero attached hydrogens (tertiary/aromatic N) is 1. The monoisotopic (exact) mass is 466 g/mol. The number of pyridine rings is 1. The van der Waals surface area contributed by atoms with Crippen molar-refractivity contribution in [2.24, 2.45) is 0 Å². The van der Waals surface area contributed by atoms with Gasteiger partial charge in [-0.1, -0.05) is 61.4 Å². The fourth-order valence-electron chi connectivity index (χ4n) is 4.64. The zero-order chi connectivity index (χ0) is 22.1. The highest BCUT2D eigenvalue weighted by Crippen LogP contribution is 2.45. The largest absolute Gasteiger partial charge is 0.506 e. The molecule has 0 atom stereocenters. The Morgan fingerprint density at radius 3 is 2.72 bits per heavy atom. The lowest BCUT2D eigenvalue weighted by Crippen LogP contribution is -2.30. The van der Waals surface area contributed by atoms with Crippen LogP contribution in [0.1, 0.15) is 49.7 Å². The molecule has 0 unspecified atom stereocenters. The van der Waals surface area contributed by atoms with Crippen molar-refractivity contribution in [2.75, 3.05) is 4.72 Å². The van der Waals surface area contributed by atoms with Crippen LogP contribution in [-0.2, 0) is 16.4 Å². The van der Waals surface area contributed by atoms with Gasteiger partial charge in [-0.25, -0.2) is 8.42 Å². The van der Waals surface area contributed by atoms with Crippen LogP contribution in [-0.4, -0.2) is 23.8 Å². The van der Waals surface area contributed by atoms with Crippen LogP contribution in [0.5, 0.6) is 5.75 Å². The minimum absolute atomic E-state index is 0.189. The number of hydrogen-bond acceptors (Lipinski definition) is 5. The topological polar surface area (TPSA) is 79.3 Å². The third-order valence-corrected chi connectivity index (χ3v) is 9.25. The molecular weight excluding hydrogens is 440 g/mol. The van der Waals surface area contributed by atoms with Crippen molar-refractivity contribution < 1.29 is 13.5 Å². The summed E-state index contributed by atoms with van der Waals surface area (Å²) in [4.78, 5) is 6.05. The van der Waals surface area contributed by atoms with Crippen LogP contribution in [0, 0.1) is 0 Å². The molecule has 2 aliphatic carbocycles. The molecule has 5 nitrogen and oxygen atoms in total. The summed E-state index contributed by atoms with van der Waals surface area (Å²) in [6, 6.07) is 11.6. The number of benzene rings is 2. The van der Waals surface area contributed by atoms with E-state index in [1.165, 1.54) is 11.8 Å². The molecule has 166 valence electrons. The molecule has 2 aliphatic rings. The Balaban J connectivity index is 1.56. The van der Waals surface area contributed by atoms with E-state index in [1.807, 2.05) is 42.5 Å². The van der Waals surface area contributed by atoms with Crippen LogP contribution in [0.2, 0.25) is 0 Å². The van der Waals surface area contributed by atoms with Crippen molar-refractivity contribution in [3.63, 3.8) is 0 Å². The fraction of sp³-hybridized carbons (Fsp3) is 0.320. The van der Waals surface area contributed by atoms with E-state index >= 15 is 0 Å². The Morgan fingerprint density at radius 2 is 1.88 bits per heavy atom. The van der Waals surface area contributed by atoms with Crippen molar-refractivity contribution >= 4 is 44.5 Å². The van der Waals surface area contributed by atoms with Crippen molar-refractivity contribution in [2.45, 2.75) is 60.0 Å². The second kappa shape index (κ2) is 8.79. The number of fused-ring (bicyclic) bond motifs is 2. The van der Waals surface area contributed by atoms with E-state index in [4.69, 9.17) is 0 Å². The molecule has 0 amide bonds. The molecule has 0 radical (unpaired) electrons. The maximum absolute atomic E-state index is 13.2. The molecule has 1 saturated carbocycles. The van der Waals surface area contributed by atoms with E-state index in [1.54, 1.807) is 12.3 Å². The zero-order valence-corrected chi connectivity index (χ0v) is 19.4. The van der Waals surface area contributed by atoms with Crippen molar-refractivity contribution in [1.29, 1.82) is 0 Å². The van der Waals surface area contributed by atoms with Gasteiger partial charge in [-0.15, -0.1) is 0 Å². The second-order valence-corrected chi connectivity index (χ2v) is 11.5. The summed E-state index contributed by atoms with van der Waals surface area (Å²) in [5.41, 5.74) is 3.01. The molecule has 1 fully saturated rings. The van der Waals surface area contributed by atoms with Crippen LogP contribution in [0.4, 0.5) is 5.69 Å². The normalized spacial score (nSPS) is 16.8. The fourth-order valence-corrected chi connectivity index (χ4v) is 7.29. The molecule has 1 aromatic heterocycles. The van der Waals surface area contributed by atoms with Gasteiger partial charge in [0.15, 0.2) is 0 Å². The molecule has 0 saturated heterocycles. The summed E-state index contributed by atoms with van der Waals surface area (Å²) in [5, 5.41) is 11.7. The van der Waals surface area contributed by atoms with E-state index in [2.05, 4.69) is 9.71 Å². The van der Waals surface area contributed by atoms with Crippen molar-refractivity contribution in [1.82, 2.24) is 4.98 Å². The molecule has 3 aromatic rings. The second-order valence-electron chi connectivity index (χ2n) is 8.44. The lowest BCUT2D eigenvalue weighted by Gasteiger charge is -2.25. The van der Waals surface area contributed by atoms with Crippen molar-refractivity contribution in [3.8, 4) is 5.75 Å². The maximum Gasteiger partial charge on any atom is 0.235 e. The predicted molar refractivity (Wildman–Crippen MR) is 131 cm³/mol. The number of phenolic OH excluding ortho intramolecular Hbond substituents is 1. The third kappa shape index (κ3) is 4.11. The quantitative estimate of drug-likeness (QED) is 0.443. The van der Waals surface area contributed by atoms with Gasteiger partial charge in [-0.3, -0.25) is 9.71 Å². The number of aromatic nitrogens is 1. The molecule has 7 heteroatoms. The highest BCUT2D eigenvalue weighted by Gasteiger charge is 2.29. The van der Waals surface area contributed by atoms with E-state index in [9.17, 15) is 13.5 Å². The van der Waals surface area contributed by atoms with Gasteiger partial charge >= 0.3 is 0 Å². The number of aromatic hydroxyl groups is 1. The van der Waals surface area contributed by atoms with Crippen molar-refractivity contribution in [3.05, 3.63) is 59.8 Å². The lowest BCUT2D eigenvalue weighted by molar-refractivity contribution is 0.460. The molecule has 0 aliphatic heterocycles. The lowest BCUT2D eigenvalue weighted by atomic mass is 9.95. The smallest absolute Gasteiger partial charge is 0.235 e. The highest BCUT2D eigenvalue weighted by molar-refractivity contribution is 7.99. The van der Waals surface area contributed by atoms with E-state index in [-0.39, 0.29) is 11.0 Å². The first-order chi connectivity index (χ1) is 15.5. The molecule has 1 heterocycles. The van der Waals surface area contributed by atoms with E-state index in [0.717, 1.165) is 47.0 Å². The molecule has 2 N–H and O–H groups in total. The first-order valence-corrected chi connectivity index (χ1v) is 13.5. The number of sulfonamides is 1. The molecule has 32 heavy (non-hydrogen) atoms. The molecule has 5 rings (SSSR count). The summed E-state index contributed by atoms with van der Waals surface area (Å²) >= 11 is 1.41. The number of para-hydroxylation sites is 1. The Morgan fingerprint density at radius 1 is 1.06 bits per heavy atom. The summed E-state index contributed by atoms with van der Waals surface area (Å²) < 4.78 is 29.2. The Kier molecular flexibility index (Phi) is 5.86. The zero-order valence-electron chi connectivity index (χ0n) is 17.8. The molecule has 0 spiro atoms. The summed E-state index contributed by atoms with van der Waals surface area (Å²) in [6.07, 6.45) is 11.6. The number of nitrogens with one attached hydrogen (secondary N) is 1. The van der Waals surface area contributed by atoms with Gasteiger partial charge in [0.25, 0.3) is 0 Å². The van der Waals surface area contributed by atoms with Gasteiger partial charge in [0, 0.05) is 22.0 Å². The molecule has 0 bridgehead atoms. The first-order valence-electron chi connectivity index (χ1n) is 11.1. The number of hydrogen-bond donors (Lipinski definition) is 2. The highest BCUT2D eigenvalue weighted by atomic mass is 32.2. The number of rotatable bonds is 5. The Bertz CT molecular complexity index is 1290. The third-order valence-electron chi connectivity index (χ3n) is 6.32. The van der Waals surface area contributed by atoms with Gasteiger partial charge in [-0.05, 0) is 49.4 Å². The van der Waals surface area contributed by atoms with Gasteiger partial charge in [0.05, 0.1) is 21.3 Å². The number of anilines is 1. The Labute approximate surface area is 193 Å². The van der Waals surface area contributed by atoms with Crippen LogP contribution in [0.15, 0.2) is 58.5 Å². The average Bonchev–Trinajstić information content (AvgIpc) is 2.83. The van der Waals surface area contributed by atoms with Gasteiger partial charge in [-0.2, -0.15) is 0 Å². The standard InChI is InChI=1S/C25H26N2O3S2/c28-25-20-13-5-4-12-19(20)21(27-32(29,30)18-10-2-1-3-11-18)16-23(25)31-22-14-6-8-17-9-7-15-26-24(17)22/h5-9,13-16,18,27-28H,1-4,10-12H2. The minimum Gasteiger partial charge on any atom is -0.506 e. The molecular formula is C25H26N2O3S2. The van der Waals surface area contributed by atoms with Crippen LogP contribution in [0.3, 0.4) is 0 Å². The predicted octanol–water partition coefficient (Wildman–Crippen LogP) is 6.13. The minimum atomic E-state index is -3.48. The van der Waals surface area contributed by atoms with Crippen LogP contribution in [0.25, 0.3) is 17.0 Å². The summed E-state index contributed by atoms with van der Waals surface area (Å²) in [7, 11) is -3.48. The average molecular weight is 467 g/mol. The summed E-state index contributed by atoms with van der Waals surface area (Å²) in [6.45, 7) is 0. The molecule has 2 aromatic carbocycles.